The molecule has 0 aliphatic carbocycles. The second kappa shape index (κ2) is 8.63. The number of hydrogen-bond acceptors (Lipinski definition) is 2. The van der Waals surface area contributed by atoms with Crippen LogP contribution in [0.4, 0.5) is 5.69 Å². The summed E-state index contributed by atoms with van der Waals surface area (Å²) >= 11 is 16.4. The van der Waals surface area contributed by atoms with Crippen molar-refractivity contribution in [1.82, 2.24) is 5.32 Å². The normalized spacial score (nSPS) is 10.2. The molecule has 2 nitrogen and oxygen atoms in total. The molecule has 2 rings (SSSR count). The summed E-state index contributed by atoms with van der Waals surface area (Å²) in [6.07, 6.45) is 0. The molecule has 0 heterocycles. The maximum atomic E-state index is 6.04. The van der Waals surface area contributed by atoms with E-state index in [2.05, 4.69) is 38.7 Å². The van der Waals surface area contributed by atoms with Gasteiger partial charge in [-0.2, -0.15) is 0 Å². The Morgan fingerprint density at radius 2 is 1.95 bits per heavy atom. The SMILES string of the molecule is S=C(NCCSc1ccccc1)Nc1ccc(Br)c(Cl)c1. The molecular formula is C15H14BrClN2S2. The Bertz CT molecular complexity index is 608. The van der Waals surface area contributed by atoms with Gasteiger partial charge >= 0.3 is 0 Å². The summed E-state index contributed by atoms with van der Waals surface area (Å²) in [7, 11) is 0. The smallest absolute Gasteiger partial charge is 0.170 e. The van der Waals surface area contributed by atoms with Crippen LogP contribution < -0.4 is 10.6 Å². The third-order valence-corrected chi connectivity index (χ3v) is 5.07. The van der Waals surface area contributed by atoms with Gasteiger partial charge in [-0.15, -0.1) is 11.8 Å². The van der Waals surface area contributed by atoms with Crippen molar-refractivity contribution in [3.05, 3.63) is 58.0 Å². The molecule has 21 heavy (non-hydrogen) atoms. The van der Waals surface area contributed by atoms with Crippen LogP contribution in [0.1, 0.15) is 0 Å². The number of anilines is 1. The van der Waals surface area contributed by atoms with Crippen LogP contribution in [0, 0.1) is 0 Å². The summed E-state index contributed by atoms with van der Waals surface area (Å²) in [5, 5.41) is 7.55. The molecule has 0 amide bonds. The monoisotopic (exact) mass is 400 g/mol. The summed E-state index contributed by atoms with van der Waals surface area (Å²) in [5.74, 6) is 0.951. The van der Waals surface area contributed by atoms with Crippen LogP contribution in [-0.2, 0) is 0 Å². The molecule has 2 N–H and O–H groups in total. The first-order valence-electron chi connectivity index (χ1n) is 6.33. The zero-order chi connectivity index (χ0) is 15.1. The Morgan fingerprint density at radius 3 is 2.67 bits per heavy atom. The van der Waals surface area contributed by atoms with Crippen LogP contribution in [0.2, 0.25) is 5.02 Å². The minimum absolute atomic E-state index is 0.599. The van der Waals surface area contributed by atoms with Gasteiger partial charge in [-0.3, -0.25) is 0 Å². The van der Waals surface area contributed by atoms with Crippen molar-refractivity contribution in [2.24, 2.45) is 0 Å². The van der Waals surface area contributed by atoms with E-state index in [0.717, 1.165) is 22.5 Å². The van der Waals surface area contributed by atoms with Gasteiger partial charge in [0, 0.05) is 27.4 Å². The van der Waals surface area contributed by atoms with Gasteiger partial charge in [0.15, 0.2) is 5.11 Å². The van der Waals surface area contributed by atoms with E-state index in [4.69, 9.17) is 23.8 Å². The largest absolute Gasteiger partial charge is 0.362 e. The van der Waals surface area contributed by atoms with Gasteiger partial charge in [0.25, 0.3) is 0 Å². The van der Waals surface area contributed by atoms with E-state index in [9.17, 15) is 0 Å². The van der Waals surface area contributed by atoms with E-state index in [1.54, 1.807) is 11.8 Å². The van der Waals surface area contributed by atoms with E-state index < -0.39 is 0 Å². The Labute approximate surface area is 147 Å². The van der Waals surface area contributed by atoms with Crippen molar-refractivity contribution in [3.63, 3.8) is 0 Å². The van der Waals surface area contributed by atoms with Gasteiger partial charge in [-0.1, -0.05) is 29.8 Å². The van der Waals surface area contributed by atoms with E-state index >= 15 is 0 Å². The lowest BCUT2D eigenvalue weighted by Gasteiger charge is -2.11. The maximum absolute atomic E-state index is 6.04. The third kappa shape index (κ3) is 5.87. The quantitative estimate of drug-likeness (QED) is 0.409. The Kier molecular flexibility index (Phi) is 6.83. The van der Waals surface area contributed by atoms with Gasteiger partial charge in [-0.25, -0.2) is 0 Å². The fourth-order valence-corrected chi connectivity index (χ4v) is 3.04. The minimum Gasteiger partial charge on any atom is -0.362 e. The number of halogens is 2. The van der Waals surface area contributed by atoms with E-state index in [0.29, 0.717) is 10.1 Å². The predicted molar refractivity (Wildman–Crippen MR) is 101 cm³/mol. The van der Waals surface area contributed by atoms with Crippen LogP contribution in [0.5, 0.6) is 0 Å². The van der Waals surface area contributed by atoms with E-state index in [1.165, 1.54) is 4.90 Å². The van der Waals surface area contributed by atoms with Crippen molar-refractivity contribution < 1.29 is 0 Å². The molecule has 0 saturated heterocycles. The predicted octanol–water partition coefficient (Wildman–Crippen LogP) is 5.18. The zero-order valence-electron chi connectivity index (χ0n) is 11.1. The molecule has 2 aromatic carbocycles. The first kappa shape index (κ1) is 16.6. The van der Waals surface area contributed by atoms with Gasteiger partial charge in [0.1, 0.15) is 0 Å². The van der Waals surface area contributed by atoms with Crippen molar-refractivity contribution in [1.29, 1.82) is 0 Å². The first-order valence-corrected chi connectivity index (χ1v) is 8.89. The number of rotatable bonds is 5. The van der Waals surface area contributed by atoms with Crippen LogP contribution in [0.15, 0.2) is 57.9 Å². The maximum Gasteiger partial charge on any atom is 0.170 e. The number of thioether (sulfide) groups is 1. The van der Waals surface area contributed by atoms with Crippen molar-refractivity contribution in [2.75, 3.05) is 17.6 Å². The Morgan fingerprint density at radius 1 is 1.19 bits per heavy atom. The van der Waals surface area contributed by atoms with Crippen LogP contribution >= 0.6 is 51.5 Å². The Balaban J connectivity index is 1.71. The first-order chi connectivity index (χ1) is 10.1. The van der Waals surface area contributed by atoms with Gasteiger partial charge in [0.05, 0.1) is 5.02 Å². The van der Waals surface area contributed by atoms with Gasteiger partial charge in [-0.05, 0) is 58.5 Å². The van der Waals surface area contributed by atoms with Crippen molar-refractivity contribution in [3.8, 4) is 0 Å². The Hall–Kier alpha value is -0.750. The summed E-state index contributed by atoms with van der Waals surface area (Å²) in [6, 6.07) is 15.9. The number of thiocarbonyl (C=S) groups is 1. The van der Waals surface area contributed by atoms with Crippen molar-refractivity contribution >= 4 is 62.3 Å². The minimum atomic E-state index is 0.599. The average molecular weight is 402 g/mol. The molecule has 0 atom stereocenters. The lowest BCUT2D eigenvalue weighted by molar-refractivity contribution is 0.990. The highest BCUT2D eigenvalue weighted by Gasteiger charge is 2.01. The molecular weight excluding hydrogens is 388 g/mol. The molecule has 0 aliphatic heterocycles. The second-order valence-electron chi connectivity index (χ2n) is 4.17. The average Bonchev–Trinajstić information content (AvgIpc) is 2.49. The molecule has 0 fully saturated rings. The van der Waals surface area contributed by atoms with Crippen molar-refractivity contribution in [2.45, 2.75) is 4.90 Å². The molecule has 2 aromatic rings. The lowest BCUT2D eigenvalue weighted by Crippen LogP contribution is -2.30. The third-order valence-electron chi connectivity index (χ3n) is 2.58. The zero-order valence-corrected chi connectivity index (χ0v) is 15.1. The number of hydrogen-bond donors (Lipinski definition) is 2. The molecule has 0 aliphatic rings. The molecule has 0 saturated carbocycles. The fourth-order valence-electron chi connectivity index (χ4n) is 1.60. The summed E-state index contributed by atoms with van der Waals surface area (Å²) < 4.78 is 0.868. The molecule has 0 radical (unpaired) electrons. The molecule has 110 valence electrons. The molecule has 0 spiro atoms. The highest BCUT2D eigenvalue weighted by Crippen LogP contribution is 2.25. The second-order valence-corrected chi connectivity index (χ2v) is 7.01. The highest BCUT2D eigenvalue weighted by molar-refractivity contribution is 9.10. The van der Waals surface area contributed by atoms with E-state index in [-0.39, 0.29) is 0 Å². The summed E-state index contributed by atoms with van der Waals surface area (Å²) in [6.45, 7) is 0.801. The highest BCUT2D eigenvalue weighted by atomic mass is 79.9. The fraction of sp³-hybridized carbons (Fsp3) is 0.133. The van der Waals surface area contributed by atoms with Crippen LogP contribution in [0.3, 0.4) is 0 Å². The van der Waals surface area contributed by atoms with Crippen LogP contribution in [-0.4, -0.2) is 17.4 Å². The number of benzene rings is 2. The van der Waals surface area contributed by atoms with Gasteiger partial charge < -0.3 is 10.6 Å². The molecule has 0 unspecified atom stereocenters. The topological polar surface area (TPSA) is 24.1 Å². The summed E-state index contributed by atoms with van der Waals surface area (Å²) in [5.41, 5.74) is 0.872. The van der Waals surface area contributed by atoms with Gasteiger partial charge in [0.2, 0.25) is 0 Å². The molecule has 0 aromatic heterocycles. The standard InChI is InChI=1S/C15H14BrClN2S2/c16-13-7-6-11(10-14(13)17)19-15(20)18-8-9-21-12-4-2-1-3-5-12/h1-7,10H,8-9H2,(H2,18,19,20). The lowest BCUT2D eigenvalue weighted by atomic mass is 10.3. The molecule has 6 heteroatoms. The van der Waals surface area contributed by atoms with Crippen LogP contribution in [0.25, 0.3) is 0 Å². The summed E-state index contributed by atoms with van der Waals surface area (Å²) in [4.78, 5) is 1.26. The van der Waals surface area contributed by atoms with E-state index in [1.807, 2.05) is 36.4 Å². The number of nitrogens with one attached hydrogen (secondary N) is 2. The molecule has 0 bridgehead atoms.